The molecule has 0 bridgehead atoms. The van der Waals surface area contributed by atoms with E-state index in [9.17, 15) is 4.79 Å². The number of allylic oxidation sites excluding steroid dienone is 1. The topological polar surface area (TPSA) is 41.8 Å². The van der Waals surface area contributed by atoms with E-state index in [1.807, 2.05) is 0 Å². The van der Waals surface area contributed by atoms with E-state index < -0.39 is 0 Å². The summed E-state index contributed by atoms with van der Waals surface area (Å²) in [5.41, 5.74) is 0.780. The van der Waals surface area contributed by atoms with Crippen molar-refractivity contribution in [2.75, 3.05) is 0 Å². The van der Waals surface area contributed by atoms with Crippen LogP contribution < -0.4 is 0 Å². The molecule has 2 aliphatic rings. The highest BCUT2D eigenvalue weighted by atomic mass is 16.1. The third kappa shape index (κ3) is 0.635. The second-order valence-electron chi connectivity index (χ2n) is 2.26. The highest BCUT2D eigenvalue weighted by Crippen LogP contribution is 2.21. The second kappa shape index (κ2) is 1.87. The quantitative estimate of drug-likeness (QED) is 0.481. The molecule has 0 aliphatic carbocycles. The van der Waals surface area contributed by atoms with Crippen LogP contribution in [0.25, 0.3) is 0 Å². The van der Waals surface area contributed by atoms with Gasteiger partial charge in [0.1, 0.15) is 0 Å². The summed E-state index contributed by atoms with van der Waals surface area (Å²) in [5, 5.41) is 0. The standard InChI is InChI=1S/C7H6N2O/c10-6-2-4-9-7-5(6)1-3-8-7/h3-4H,1-2H2. The van der Waals surface area contributed by atoms with E-state index in [0.717, 1.165) is 5.57 Å². The minimum absolute atomic E-state index is 0.169. The van der Waals surface area contributed by atoms with Crippen LogP contribution in [-0.2, 0) is 4.79 Å². The first-order chi connectivity index (χ1) is 4.88. The van der Waals surface area contributed by atoms with E-state index in [1.54, 1.807) is 12.4 Å². The molecule has 0 fully saturated rings. The summed E-state index contributed by atoms with van der Waals surface area (Å²) in [6, 6.07) is 0. The van der Waals surface area contributed by atoms with Gasteiger partial charge in [0, 0.05) is 30.8 Å². The Morgan fingerprint density at radius 3 is 2.60 bits per heavy atom. The SMILES string of the molecule is O=C1CC=NC2=C1CC=N2. The van der Waals surface area contributed by atoms with E-state index >= 15 is 0 Å². The lowest BCUT2D eigenvalue weighted by atomic mass is 10.1. The molecule has 0 saturated heterocycles. The van der Waals surface area contributed by atoms with Crippen molar-refractivity contribution < 1.29 is 4.79 Å². The number of nitrogens with zero attached hydrogens (tertiary/aromatic N) is 2. The molecule has 2 aliphatic heterocycles. The minimum atomic E-state index is 0.169. The molecular weight excluding hydrogens is 128 g/mol. The zero-order chi connectivity index (χ0) is 6.97. The van der Waals surface area contributed by atoms with Crippen molar-refractivity contribution in [1.82, 2.24) is 0 Å². The molecule has 0 spiro atoms. The summed E-state index contributed by atoms with van der Waals surface area (Å²) >= 11 is 0. The minimum Gasteiger partial charge on any atom is -0.294 e. The first-order valence-electron chi connectivity index (χ1n) is 3.19. The van der Waals surface area contributed by atoms with Crippen LogP contribution in [-0.4, -0.2) is 18.2 Å². The average Bonchev–Trinajstić information content (AvgIpc) is 2.36. The summed E-state index contributed by atoms with van der Waals surface area (Å²) in [6.07, 6.45) is 4.46. The normalized spacial score (nSPS) is 22.2. The third-order valence-corrected chi connectivity index (χ3v) is 1.61. The number of carbonyl (C=O) groups excluding carboxylic acids is 1. The Bertz CT molecular complexity index is 273. The van der Waals surface area contributed by atoms with E-state index in [2.05, 4.69) is 9.98 Å². The molecule has 0 saturated carbocycles. The fraction of sp³-hybridized carbons (Fsp3) is 0.286. The predicted octanol–water partition coefficient (Wildman–Crippen LogP) is 0.716. The molecule has 2 rings (SSSR count). The monoisotopic (exact) mass is 134 g/mol. The van der Waals surface area contributed by atoms with Crippen molar-refractivity contribution in [3.8, 4) is 0 Å². The van der Waals surface area contributed by atoms with Crippen LogP contribution in [0.4, 0.5) is 0 Å². The Balaban J connectivity index is 2.45. The number of Topliss-reactive ketones (excluding diaryl/α,β-unsaturated/α-hetero) is 1. The first-order valence-corrected chi connectivity index (χ1v) is 3.19. The van der Waals surface area contributed by atoms with Gasteiger partial charge in [-0.3, -0.25) is 4.79 Å². The summed E-state index contributed by atoms with van der Waals surface area (Å²) in [6.45, 7) is 0. The molecule has 10 heavy (non-hydrogen) atoms. The van der Waals surface area contributed by atoms with Gasteiger partial charge in [-0.2, -0.15) is 0 Å². The largest absolute Gasteiger partial charge is 0.294 e. The molecule has 50 valence electrons. The summed E-state index contributed by atoms with van der Waals surface area (Å²) in [4.78, 5) is 19.0. The molecule has 3 nitrogen and oxygen atoms in total. The van der Waals surface area contributed by atoms with Gasteiger partial charge in [0.25, 0.3) is 0 Å². The van der Waals surface area contributed by atoms with Crippen molar-refractivity contribution in [2.45, 2.75) is 12.8 Å². The Morgan fingerprint density at radius 1 is 1.20 bits per heavy atom. The summed E-state index contributed by atoms with van der Waals surface area (Å²) in [7, 11) is 0. The summed E-state index contributed by atoms with van der Waals surface area (Å²) < 4.78 is 0. The molecule has 0 aromatic heterocycles. The number of ketones is 1. The van der Waals surface area contributed by atoms with Crippen molar-refractivity contribution >= 4 is 18.2 Å². The first kappa shape index (κ1) is 5.53. The zero-order valence-corrected chi connectivity index (χ0v) is 5.37. The number of hydrogen-bond acceptors (Lipinski definition) is 3. The van der Waals surface area contributed by atoms with Crippen molar-refractivity contribution in [3.05, 3.63) is 11.4 Å². The summed E-state index contributed by atoms with van der Waals surface area (Å²) in [5.74, 6) is 0.791. The van der Waals surface area contributed by atoms with Crippen molar-refractivity contribution in [1.29, 1.82) is 0 Å². The highest BCUT2D eigenvalue weighted by molar-refractivity contribution is 6.08. The zero-order valence-electron chi connectivity index (χ0n) is 5.37. The molecule has 0 amide bonds. The smallest absolute Gasteiger partial charge is 0.168 e. The number of hydrogen-bond donors (Lipinski definition) is 0. The van der Waals surface area contributed by atoms with Gasteiger partial charge in [-0.1, -0.05) is 0 Å². The maximum atomic E-state index is 11.0. The molecule has 0 aromatic carbocycles. The maximum Gasteiger partial charge on any atom is 0.168 e. The fourth-order valence-electron chi connectivity index (χ4n) is 1.08. The Hall–Kier alpha value is -1.25. The van der Waals surface area contributed by atoms with E-state index in [4.69, 9.17) is 0 Å². The van der Waals surface area contributed by atoms with E-state index in [-0.39, 0.29) is 5.78 Å². The Kier molecular flexibility index (Phi) is 1.03. The van der Waals surface area contributed by atoms with Gasteiger partial charge in [-0.15, -0.1) is 0 Å². The van der Waals surface area contributed by atoms with Gasteiger partial charge >= 0.3 is 0 Å². The molecule has 0 N–H and O–H groups in total. The molecule has 0 unspecified atom stereocenters. The Morgan fingerprint density at radius 2 is 1.90 bits per heavy atom. The Labute approximate surface area is 58.2 Å². The maximum absolute atomic E-state index is 11.0. The molecule has 2 heterocycles. The third-order valence-electron chi connectivity index (χ3n) is 1.61. The van der Waals surface area contributed by atoms with Gasteiger partial charge in [-0.25, -0.2) is 9.98 Å². The fourth-order valence-corrected chi connectivity index (χ4v) is 1.08. The molecule has 0 atom stereocenters. The van der Waals surface area contributed by atoms with Gasteiger partial charge in [0.05, 0.1) is 0 Å². The van der Waals surface area contributed by atoms with Crippen molar-refractivity contribution in [2.24, 2.45) is 9.98 Å². The average molecular weight is 134 g/mol. The van der Waals surface area contributed by atoms with Crippen LogP contribution >= 0.6 is 0 Å². The van der Waals surface area contributed by atoms with Gasteiger partial charge < -0.3 is 0 Å². The second-order valence-corrected chi connectivity index (χ2v) is 2.26. The van der Waals surface area contributed by atoms with Gasteiger partial charge in [0.2, 0.25) is 0 Å². The lowest BCUT2D eigenvalue weighted by molar-refractivity contribution is -0.114. The van der Waals surface area contributed by atoms with Crippen LogP contribution in [0, 0.1) is 0 Å². The van der Waals surface area contributed by atoms with E-state index in [1.165, 1.54) is 0 Å². The predicted molar refractivity (Wildman–Crippen MR) is 38.3 cm³/mol. The van der Waals surface area contributed by atoms with Crippen LogP contribution in [0.3, 0.4) is 0 Å². The van der Waals surface area contributed by atoms with Crippen LogP contribution in [0.2, 0.25) is 0 Å². The molecule has 0 aromatic rings. The van der Waals surface area contributed by atoms with Gasteiger partial charge in [0.15, 0.2) is 11.6 Å². The van der Waals surface area contributed by atoms with E-state index in [0.29, 0.717) is 18.7 Å². The number of rotatable bonds is 0. The lowest BCUT2D eigenvalue weighted by Gasteiger charge is -2.02. The van der Waals surface area contributed by atoms with Crippen molar-refractivity contribution in [3.63, 3.8) is 0 Å². The molecular formula is C7H6N2O. The van der Waals surface area contributed by atoms with Crippen LogP contribution in [0.15, 0.2) is 21.4 Å². The number of aliphatic imine (C=N–C) groups is 2. The number of carbonyl (C=O) groups is 1. The molecule has 0 radical (unpaired) electrons. The lowest BCUT2D eigenvalue weighted by Crippen LogP contribution is -2.06. The van der Waals surface area contributed by atoms with Gasteiger partial charge in [-0.05, 0) is 0 Å². The highest BCUT2D eigenvalue weighted by Gasteiger charge is 2.19. The molecule has 3 heteroatoms. The van der Waals surface area contributed by atoms with Crippen LogP contribution in [0.1, 0.15) is 12.8 Å². The van der Waals surface area contributed by atoms with Crippen LogP contribution in [0.5, 0.6) is 0 Å².